The molecule has 0 fully saturated rings. The predicted octanol–water partition coefficient (Wildman–Crippen LogP) is 6.06. The maximum Gasteiger partial charge on any atom is 0.323 e. The number of ether oxygens (including phenoxy) is 2. The van der Waals surface area contributed by atoms with Crippen molar-refractivity contribution in [1.82, 2.24) is 0 Å². The molecule has 202 valence electrons. The van der Waals surface area contributed by atoms with Gasteiger partial charge in [0.1, 0.15) is 0 Å². The van der Waals surface area contributed by atoms with Crippen molar-refractivity contribution in [2.45, 2.75) is 46.0 Å². The second kappa shape index (κ2) is 9.64. The molecule has 0 N–H and O–H groups in total. The number of esters is 2. The Morgan fingerprint density at radius 3 is 1.77 bits per heavy atom. The lowest BCUT2D eigenvalue weighted by Gasteiger charge is -2.43. The summed E-state index contributed by atoms with van der Waals surface area (Å²) in [5.74, 6) is -1.56. The van der Waals surface area contributed by atoms with Crippen LogP contribution in [-0.4, -0.2) is 26.2 Å². The summed E-state index contributed by atoms with van der Waals surface area (Å²) >= 11 is 0. The van der Waals surface area contributed by atoms with Gasteiger partial charge in [0.15, 0.2) is 12.6 Å². The van der Waals surface area contributed by atoms with Crippen molar-refractivity contribution in [3.8, 4) is 0 Å². The lowest BCUT2D eigenvalue weighted by Crippen LogP contribution is -2.47. The molecule has 2 aliphatic carbocycles. The maximum absolute atomic E-state index is 15.9. The molecule has 5 nitrogen and oxygen atoms in total. The first-order valence-electron chi connectivity index (χ1n) is 13.3. The zero-order valence-corrected chi connectivity index (χ0v) is 24.3. The minimum Gasteiger partial charge on any atom is -0.468 e. The molecule has 0 radical (unpaired) electrons. The van der Waals surface area contributed by atoms with Gasteiger partial charge >= 0.3 is 11.9 Å². The van der Waals surface area contributed by atoms with Gasteiger partial charge in [0.2, 0.25) is 0 Å². The Morgan fingerprint density at radius 1 is 0.795 bits per heavy atom. The van der Waals surface area contributed by atoms with Crippen molar-refractivity contribution in [2.24, 2.45) is 11.3 Å². The molecule has 0 aliphatic heterocycles. The molecule has 1 unspecified atom stereocenters. The molecule has 3 aromatic rings. The lowest BCUT2D eigenvalue weighted by atomic mass is 9.64. The van der Waals surface area contributed by atoms with Crippen LogP contribution in [0.3, 0.4) is 0 Å². The van der Waals surface area contributed by atoms with Crippen LogP contribution in [0, 0.1) is 25.2 Å². The van der Waals surface area contributed by atoms with Crippen molar-refractivity contribution in [1.29, 1.82) is 0 Å². The van der Waals surface area contributed by atoms with Gasteiger partial charge in [-0.15, -0.1) is 0 Å². The van der Waals surface area contributed by atoms with E-state index in [9.17, 15) is 9.59 Å². The second-order valence-electron chi connectivity index (χ2n) is 11.4. The molecular formula is C33H35O5P. The average Bonchev–Trinajstić information content (AvgIpc) is 3.18. The Labute approximate surface area is 230 Å². The van der Waals surface area contributed by atoms with Crippen LogP contribution in [0.5, 0.6) is 0 Å². The van der Waals surface area contributed by atoms with Gasteiger partial charge in [-0.1, -0.05) is 97.8 Å². The van der Waals surface area contributed by atoms with E-state index in [2.05, 4.69) is 26.0 Å². The van der Waals surface area contributed by atoms with E-state index >= 15 is 4.57 Å². The number of rotatable bonds is 5. The van der Waals surface area contributed by atoms with Crippen LogP contribution in [0.25, 0.3) is 5.57 Å². The molecule has 0 saturated heterocycles. The van der Waals surface area contributed by atoms with Gasteiger partial charge in [0, 0.05) is 22.3 Å². The second-order valence-corrected chi connectivity index (χ2v) is 14.2. The van der Waals surface area contributed by atoms with Crippen molar-refractivity contribution in [2.75, 3.05) is 14.2 Å². The average molecular weight is 543 g/mol. The molecular weight excluding hydrogens is 507 g/mol. The number of hydrogen-bond acceptors (Lipinski definition) is 5. The SMILES string of the molecule is COC(=O)C1(C(=O)OC)CC(P(=O)(c2ccc(C)cc2)c2ccc(C)cc2)=C2c3ccccc3C(C)(C)C2C1. The number of allylic oxidation sites excluding steroid dienone is 2. The minimum absolute atomic E-state index is 0.0401. The topological polar surface area (TPSA) is 69.7 Å². The van der Waals surface area contributed by atoms with E-state index in [4.69, 9.17) is 9.47 Å². The number of carbonyl (C=O) groups is 2. The number of carbonyl (C=O) groups excluding carboxylic acids is 2. The number of benzene rings is 3. The lowest BCUT2D eigenvalue weighted by molar-refractivity contribution is -0.170. The molecule has 5 rings (SSSR count). The van der Waals surface area contributed by atoms with Crippen LogP contribution in [0.4, 0.5) is 0 Å². The number of aryl methyl sites for hydroxylation is 2. The van der Waals surface area contributed by atoms with Crippen molar-refractivity contribution in [3.05, 3.63) is 100 Å². The van der Waals surface area contributed by atoms with E-state index in [1.165, 1.54) is 14.2 Å². The van der Waals surface area contributed by atoms with Crippen molar-refractivity contribution >= 4 is 35.3 Å². The molecule has 0 aromatic heterocycles. The fourth-order valence-corrected chi connectivity index (χ4v) is 9.74. The first kappa shape index (κ1) is 27.1. The van der Waals surface area contributed by atoms with Gasteiger partial charge in [0.05, 0.1) is 14.2 Å². The third-order valence-corrected chi connectivity index (χ3v) is 12.0. The van der Waals surface area contributed by atoms with E-state index in [1.54, 1.807) is 0 Å². The van der Waals surface area contributed by atoms with E-state index < -0.39 is 29.9 Å². The summed E-state index contributed by atoms with van der Waals surface area (Å²) < 4.78 is 26.4. The summed E-state index contributed by atoms with van der Waals surface area (Å²) in [6.07, 6.45) is 0.177. The molecule has 3 aromatic carbocycles. The van der Waals surface area contributed by atoms with Crippen molar-refractivity contribution < 1.29 is 23.6 Å². The van der Waals surface area contributed by atoms with Gasteiger partial charge in [-0.05, 0) is 48.3 Å². The van der Waals surface area contributed by atoms with Gasteiger partial charge in [0.25, 0.3) is 0 Å². The van der Waals surface area contributed by atoms with Gasteiger partial charge in [-0.2, -0.15) is 0 Å². The smallest absolute Gasteiger partial charge is 0.323 e. The van der Waals surface area contributed by atoms with E-state index in [1.807, 2.05) is 74.5 Å². The molecule has 6 heteroatoms. The molecule has 0 saturated carbocycles. The fourth-order valence-electron chi connectivity index (χ4n) is 6.57. The van der Waals surface area contributed by atoms with Crippen molar-refractivity contribution in [3.63, 3.8) is 0 Å². The normalized spacial score (nSPS) is 19.2. The molecule has 1 atom stereocenters. The minimum atomic E-state index is -3.54. The highest BCUT2D eigenvalue weighted by Gasteiger charge is 2.61. The van der Waals surface area contributed by atoms with Gasteiger partial charge in [-0.25, -0.2) is 0 Å². The highest BCUT2D eigenvalue weighted by atomic mass is 31.2. The van der Waals surface area contributed by atoms with Crippen LogP contribution >= 0.6 is 7.14 Å². The van der Waals surface area contributed by atoms with E-state index in [-0.39, 0.29) is 18.8 Å². The summed E-state index contributed by atoms with van der Waals surface area (Å²) in [5, 5.41) is 1.97. The zero-order chi connectivity index (χ0) is 28.2. The molecule has 0 spiro atoms. The molecule has 0 heterocycles. The molecule has 2 aliphatic rings. The Balaban J connectivity index is 1.92. The zero-order valence-electron chi connectivity index (χ0n) is 23.4. The van der Waals surface area contributed by atoms with E-state index in [0.29, 0.717) is 15.9 Å². The number of methoxy groups -OCH3 is 2. The number of fused-ring (bicyclic) bond motifs is 3. The summed E-state index contributed by atoms with van der Waals surface area (Å²) in [4.78, 5) is 27.1. The first-order valence-corrected chi connectivity index (χ1v) is 15.0. The Kier molecular flexibility index (Phi) is 6.71. The summed E-state index contributed by atoms with van der Waals surface area (Å²) in [5.41, 5.74) is 3.20. The quantitative estimate of drug-likeness (QED) is 0.223. The maximum atomic E-state index is 15.9. The largest absolute Gasteiger partial charge is 0.468 e. The van der Waals surface area contributed by atoms with Crippen LogP contribution in [-0.2, 0) is 29.0 Å². The van der Waals surface area contributed by atoms with Crippen LogP contribution in [0.1, 0.15) is 48.9 Å². The highest BCUT2D eigenvalue weighted by Crippen LogP contribution is 2.68. The Bertz CT molecular complexity index is 1460. The number of hydrogen-bond donors (Lipinski definition) is 0. The predicted molar refractivity (Wildman–Crippen MR) is 155 cm³/mol. The molecule has 0 bridgehead atoms. The first-order chi connectivity index (χ1) is 18.5. The van der Waals surface area contributed by atoms with E-state index in [0.717, 1.165) is 27.8 Å². The third kappa shape index (κ3) is 4.02. The summed E-state index contributed by atoms with van der Waals surface area (Å²) in [6.45, 7) is 8.26. The van der Waals surface area contributed by atoms with Crippen LogP contribution in [0.15, 0.2) is 78.1 Å². The van der Waals surface area contributed by atoms with Gasteiger partial charge < -0.3 is 14.0 Å². The Hall–Kier alpha value is -3.43. The highest BCUT2D eigenvalue weighted by molar-refractivity contribution is 7.82. The van der Waals surface area contributed by atoms with Gasteiger partial charge in [-0.3, -0.25) is 9.59 Å². The molecule has 39 heavy (non-hydrogen) atoms. The Morgan fingerprint density at radius 2 is 1.28 bits per heavy atom. The van der Waals surface area contributed by atoms with Crippen LogP contribution in [0.2, 0.25) is 0 Å². The standard InChI is InChI=1S/C33H35O5P/c1-21-11-15-23(16-12-21)39(36,24-17-13-22(2)14-18-24)28-20-33(30(34)37-5,31(35)38-6)19-27-29(28)25-9-7-8-10-26(25)32(27,3)4/h7-18,27H,19-20H2,1-6H3. The summed E-state index contributed by atoms with van der Waals surface area (Å²) in [7, 11) is -0.954. The monoisotopic (exact) mass is 542 g/mol. The third-order valence-electron chi connectivity index (χ3n) is 8.79. The summed E-state index contributed by atoms with van der Waals surface area (Å²) in [6, 6.07) is 23.7. The van der Waals surface area contributed by atoms with Crippen LogP contribution < -0.4 is 10.6 Å². The molecule has 0 amide bonds. The fraction of sp³-hybridized carbons (Fsp3) is 0.333.